The molecule has 2 heterocycles. The van der Waals surface area contributed by atoms with Crippen molar-refractivity contribution in [2.45, 2.75) is 6.42 Å². The van der Waals surface area contributed by atoms with Crippen LogP contribution in [0.5, 0.6) is 0 Å². The maximum atomic E-state index is 11.5. The lowest BCUT2D eigenvalue weighted by Crippen LogP contribution is -2.44. The van der Waals surface area contributed by atoms with Crippen molar-refractivity contribution >= 4 is 38.3 Å². The smallest absolute Gasteiger partial charge is 0.238 e. The van der Waals surface area contributed by atoms with Crippen LogP contribution >= 0.6 is 11.3 Å². The molecule has 0 spiro atoms. The summed E-state index contributed by atoms with van der Waals surface area (Å²) in [5.74, 6) is -0.286. The van der Waals surface area contributed by atoms with Crippen LogP contribution in [0.15, 0.2) is 18.2 Å². The number of thiazole rings is 1. The zero-order valence-electron chi connectivity index (χ0n) is 12.4. The SMILES string of the molecule is CN1CCN(c2nc3ccc(NC(=O)CC#N)cc3s2)CC1. The second kappa shape index (κ2) is 6.30. The molecule has 0 saturated carbocycles. The number of carbonyl (C=O) groups is 1. The molecule has 114 valence electrons. The third-order valence-corrected chi connectivity index (χ3v) is 4.75. The van der Waals surface area contributed by atoms with Crippen LogP contribution in [0.1, 0.15) is 6.42 Å². The number of hydrogen-bond donors (Lipinski definition) is 1. The van der Waals surface area contributed by atoms with Gasteiger partial charge in [-0.3, -0.25) is 4.79 Å². The number of carbonyl (C=O) groups excluding carboxylic acids is 1. The lowest BCUT2D eigenvalue weighted by molar-refractivity contribution is -0.115. The van der Waals surface area contributed by atoms with E-state index in [4.69, 9.17) is 5.26 Å². The Labute approximate surface area is 133 Å². The van der Waals surface area contributed by atoms with Crippen LogP contribution < -0.4 is 10.2 Å². The molecular weight excluding hydrogens is 298 g/mol. The maximum absolute atomic E-state index is 11.5. The summed E-state index contributed by atoms with van der Waals surface area (Å²) in [6.45, 7) is 4.07. The van der Waals surface area contributed by atoms with Crippen molar-refractivity contribution < 1.29 is 4.79 Å². The number of hydrogen-bond acceptors (Lipinski definition) is 6. The van der Waals surface area contributed by atoms with E-state index in [1.165, 1.54) is 0 Å². The third kappa shape index (κ3) is 3.18. The van der Waals surface area contributed by atoms with Gasteiger partial charge in [-0.1, -0.05) is 11.3 Å². The number of likely N-dealkylation sites (N-methyl/N-ethyl adjacent to an activating group) is 1. The van der Waals surface area contributed by atoms with Gasteiger partial charge < -0.3 is 15.1 Å². The Bertz CT molecular complexity index is 727. The van der Waals surface area contributed by atoms with E-state index in [1.54, 1.807) is 11.3 Å². The van der Waals surface area contributed by atoms with Crippen LogP contribution in [-0.2, 0) is 4.79 Å². The fourth-order valence-electron chi connectivity index (χ4n) is 2.40. The number of nitriles is 1. The molecule has 1 aliphatic heterocycles. The molecule has 1 aromatic carbocycles. The van der Waals surface area contributed by atoms with Gasteiger partial charge in [-0.25, -0.2) is 4.98 Å². The summed E-state index contributed by atoms with van der Waals surface area (Å²) >= 11 is 1.64. The molecule has 7 heteroatoms. The predicted molar refractivity (Wildman–Crippen MR) is 88.2 cm³/mol. The minimum atomic E-state index is -0.286. The van der Waals surface area contributed by atoms with Crippen LogP contribution in [0.3, 0.4) is 0 Å². The number of nitrogens with zero attached hydrogens (tertiary/aromatic N) is 4. The van der Waals surface area contributed by atoms with Crippen LogP contribution in [0.4, 0.5) is 10.8 Å². The average Bonchev–Trinajstić information content (AvgIpc) is 2.91. The zero-order chi connectivity index (χ0) is 15.5. The van der Waals surface area contributed by atoms with E-state index >= 15 is 0 Å². The standard InChI is InChI=1S/C15H17N5OS/c1-19-6-8-20(9-7-19)15-18-12-3-2-11(10-13(12)22-15)17-14(21)4-5-16/h2-3,10H,4,6-9H2,1H3,(H,17,21). The van der Waals surface area contributed by atoms with E-state index in [1.807, 2.05) is 24.3 Å². The quantitative estimate of drug-likeness (QED) is 0.936. The molecule has 1 amide bonds. The largest absolute Gasteiger partial charge is 0.345 e. The lowest BCUT2D eigenvalue weighted by Gasteiger charge is -2.31. The molecule has 0 bridgehead atoms. The Morgan fingerprint density at radius 3 is 2.91 bits per heavy atom. The number of aromatic nitrogens is 1. The molecule has 0 aliphatic carbocycles. The van der Waals surface area contributed by atoms with E-state index in [0.29, 0.717) is 5.69 Å². The molecular formula is C15H17N5OS. The molecule has 2 aromatic rings. The summed E-state index contributed by atoms with van der Waals surface area (Å²) in [6, 6.07) is 7.50. The van der Waals surface area contributed by atoms with Gasteiger partial charge >= 0.3 is 0 Å². The van der Waals surface area contributed by atoms with Crippen molar-refractivity contribution in [3.05, 3.63) is 18.2 Å². The number of anilines is 2. The molecule has 3 rings (SSSR count). The summed E-state index contributed by atoms with van der Waals surface area (Å²) in [5.41, 5.74) is 1.65. The first kappa shape index (κ1) is 14.8. The van der Waals surface area contributed by atoms with Gasteiger partial charge in [-0.2, -0.15) is 5.26 Å². The topological polar surface area (TPSA) is 72.3 Å². The number of fused-ring (bicyclic) bond motifs is 1. The van der Waals surface area contributed by atoms with Crippen molar-refractivity contribution in [1.82, 2.24) is 9.88 Å². The van der Waals surface area contributed by atoms with Crippen molar-refractivity contribution in [2.24, 2.45) is 0 Å². The minimum absolute atomic E-state index is 0.132. The van der Waals surface area contributed by atoms with Gasteiger partial charge in [0.05, 0.1) is 16.3 Å². The Balaban J connectivity index is 1.78. The molecule has 22 heavy (non-hydrogen) atoms. The zero-order valence-corrected chi connectivity index (χ0v) is 13.2. The fourth-order valence-corrected chi connectivity index (χ4v) is 3.46. The molecule has 1 saturated heterocycles. The third-order valence-electron chi connectivity index (χ3n) is 3.67. The fraction of sp³-hybridized carbons (Fsp3) is 0.400. The highest BCUT2D eigenvalue weighted by molar-refractivity contribution is 7.22. The number of amides is 1. The van der Waals surface area contributed by atoms with E-state index in [0.717, 1.165) is 41.5 Å². The van der Waals surface area contributed by atoms with Crippen molar-refractivity contribution in [3.8, 4) is 6.07 Å². The van der Waals surface area contributed by atoms with Gasteiger partial charge in [0.25, 0.3) is 0 Å². The first-order valence-electron chi connectivity index (χ1n) is 7.16. The molecule has 0 unspecified atom stereocenters. The van der Waals surface area contributed by atoms with Crippen LogP contribution in [0.2, 0.25) is 0 Å². The first-order chi connectivity index (χ1) is 10.7. The summed E-state index contributed by atoms with van der Waals surface area (Å²) in [6.07, 6.45) is -0.132. The molecule has 1 aliphatic rings. The normalized spacial score (nSPS) is 15.7. The highest BCUT2D eigenvalue weighted by Gasteiger charge is 2.17. The minimum Gasteiger partial charge on any atom is -0.345 e. The monoisotopic (exact) mass is 315 g/mol. The average molecular weight is 315 g/mol. The molecule has 0 radical (unpaired) electrons. The van der Waals surface area contributed by atoms with Gasteiger partial charge in [0.1, 0.15) is 6.42 Å². The van der Waals surface area contributed by atoms with Crippen molar-refractivity contribution in [1.29, 1.82) is 5.26 Å². The highest BCUT2D eigenvalue weighted by Crippen LogP contribution is 2.31. The van der Waals surface area contributed by atoms with E-state index in [-0.39, 0.29) is 12.3 Å². The van der Waals surface area contributed by atoms with E-state index in [2.05, 4.69) is 27.1 Å². The molecule has 1 N–H and O–H groups in total. The second-order valence-electron chi connectivity index (χ2n) is 5.35. The summed E-state index contributed by atoms with van der Waals surface area (Å²) < 4.78 is 1.05. The van der Waals surface area contributed by atoms with Crippen molar-refractivity contribution in [2.75, 3.05) is 43.4 Å². The van der Waals surface area contributed by atoms with Crippen molar-refractivity contribution in [3.63, 3.8) is 0 Å². The predicted octanol–water partition coefficient (Wildman–Crippen LogP) is 1.90. The van der Waals surface area contributed by atoms with Gasteiger partial charge in [0.2, 0.25) is 5.91 Å². The van der Waals surface area contributed by atoms with E-state index < -0.39 is 0 Å². The highest BCUT2D eigenvalue weighted by atomic mass is 32.1. The van der Waals surface area contributed by atoms with Gasteiger partial charge in [0, 0.05) is 31.9 Å². The van der Waals surface area contributed by atoms with Gasteiger partial charge in [-0.15, -0.1) is 0 Å². The van der Waals surface area contributed by atoms with E-state index in [9.17, 15) is 4.79 Å². The van der Waals surface area contributed by atoms with Crippen LogP contribution in [-0.4, -0.2) is 49.0 Å². The van der Waals surface area contributed by atoms with Crippen LogP contribution in [0.25, 0.3) is 10.2 Å². The summed E-state index contributed by atoms with van der Waals surface area (Å²) in [5, 5.41) is 12.3. The number of rotatable bonds is 3. The van der Waals surface area contributed by atoms with Crippen LogP contribution in [0, 0.1) is 11.3 Å². The molecule has 6 nitrogen and oxygen atoms in total. The maximum Gasteiger partial charge on any atom is 0.238 e. The molecule has 0 atom stereocenters. The Morgan fingerprint density at radius 1 is 1.41 bits per heavy atom. The summed E-state index contributed by atoms with van der Waals surface area (Å²) in [4.78, 5) is 20.8. The Kier molecular flexibility index (Phi) is 4.22. The Morgan fingerprint density at radius 2 is 2.18 bits per heavy atom. The van der Waals surface area contributed by atoms with Gasteiger partial charge in [0.15, 0.2) is 5.13 Å². The Hall–Kier alpha value is -2.17. The summed E-state index contributed by atoms with van der Waals surface area (Å²) in [7, 11) is 2.13. The number of nitrogens with one attached hydrogen (secondary N) is 1. The van der Waals surface area contributed by atoms with Gasteiger partial charge in [-0.05, 0) is 25.2 Å². The molecule has 1 aromatic heterocycles. The lowest BCUT2D eigenvalue weighted by atomic mass is 10.3. The number of piperazine rings is 1. The second-order valence-corrected chi connectivity index (χ2v) is 6.36. The molecule has 1 fully saturated rings. The first-order valence-corrected chi connectivity index (χ1v) is 7.98. The number of benzene rings is 1.